The molecule has 3 rings (SSSR count). The van der Waals surface area contributed by atoms with Crippen molar-refractivity contribution in [2.24, 2.45) is 0 Å². The molecule has 0 aliphatic heterocycles. The highest BCUT2D eigenvalue weighted by atomic mass is 16.1. The minimum atomic E-state index is -0.283. The number of hydrogen-bond donors (Lipinski definition) is 1. The summed E-state index contributed by atoms with van der Waals surface area (Å²) in [7, 11) is 0. The van der Waals surface area contributed by atoms with Gasteiger partial charge in [0, 0.05) is 12.0 Å². The van der Waals surface area contributed by atoms with Gasteiger partial charge in [0.1, 0.15) is 0 Å². The molecule has 0 aliphatic rings. The first-order chi connectivity index (χ1) is 12.6. The van der Waals surface area contributed by atoms with E-state index in [-0.39, 0.29) is 17.2 Å². The van der Waals surface area contributed by atoms with E-state index in [1.807, 2.05) is 73.7 Å². The second-order valence-electron chi connectivity index (χ2n) is 6.91. The molecule has 1 amide bonds. The van der Waals surface area contributed by atoms with Crippen LogP contribution in [0.25, 0.3) is 0 Å². The van der Waals surface area contributed by atoms with Gasteiger partial charge in [0.2, 0.25) is 5.91 Å². The highest BCUT2D eigenvalue weighted by Gasteiger charge is 2.30. The van der Waals surface area contributed by atoms with Crippen molar-refractivity contribution in [2.45, 2.75) is 25.2 Å². The predicted molar refractivity (Wildman–Crippen MR) is 107 cm³/mol. The van der Waals surface area contributed by atoms with Crippen LogP contribution in [-0.4, -0.2) is 12.5 Å². The molecule has 2 heteroatoms. The summed E-state index contributed by atoms with van der Waals surface area (Å²) in [4.78, 5) is 12.7. The standard InChI is InChI=1S/C24H25NO/c1-19(20-12-6-3-7-13-20)23(26)25-18-24(2,21-14-8-4-9-15-21)22-16-10-5-11-17-22/h3-17,19H,18H2,1-2H3,(H,25,26). The van der Waals surface area contributed by atoms with Crippen molar-refractivity contribution in [3.05, 3.63) is 108 Å². The maximum Gasteiger partial charge on any atom is 0.227 e. The van der Waals surface area contributed by atoms with Crippen molar-refractivity contribution in [3.63, 3.8) is 0 Å². The molecule has 0 aliphatic carbocycles. The maximum atomic E-state index is 12.7. The molecule has 1 N–H and O–H groups in total. The number of nitrogens with one attached hydrogen (secondary N) is 1. The molecule has 0 fully saturated rings. The van der Waals surface area contributed by atoms with Gasteiger partial charge in [-0.1, -0.05) is 91.0 Å². The summed E-state index contributed by atoms with van der Waals surface area (Å²) in [5, 5.41) is 3.18. The fourth-order valence-corrected chi connectivity index (χ4v) is 3.29. The number of carbonyl (C=O) groups excluding carboxylic acids is 1. The molecule has 0 heterocycles. The zero-order valence-electron chi connectivity index (χ0n) is 15.4. The molecule has 2 nitrogen and oxygen atoms in total. The van der Waals surface area contributed by atoms with Crippen molar-refractivity contribution in [1.82, 2.24) is 5.32 Å². The van der Waals surface area contributed by atoms with Gasteiger partial charge in [0.05, 0.1) is 5.92 Å². The van der Waals surface area contributed by atoms with E-state index in [0.29, 0.717) is 6.54 Å². The summed E-state index contributed by atoms with van der Waals surface area (Å²) >= 11 is 0. The molecular weight excluding hydrogens is 318 g/mol. The van der Waals surface area contributed by atoms with Crippen LogP contribution in [0.1, 0.15) is 36.5 Å². The Morgan fingerprint density at radius 2 is 1.23 bits per heavy atom. The smallest absolute Gasteiger partial charge is 0.227 e. The Kier molecular flexibility index (Phi) is 5.52. The summed E-state index contributed by atoms with van der Waals surface area (Å²) < 4.78 is 0. The van der Waals surface area contributed by atoms with Gasteiger partial charge in [-0.05, 0) is 30.5 Å². The molecule has 1 atom stereocenters. The highest BCUT2D eigenvalue weighted by Crippen LogP contribution is 2.31. The molecular formula is C24H25NO. The molecule has 0 aromatic heterocycles. The monoisotopic (exact) mass is 343 g/mol. The molecule has 0 saturated carbocycles. The average molecular weight is 343 g/mol. The van der Waals surface area contributed by atoms with Crippen LogP contribution in [-0.2, 0) is 10.2 Å². The highest BCUT2D eigenvalue weighted by molar-refractivity contribution is 5.83. The molecule has 0 saturated heterocycles. The first-order valence-corrected chi connectivity index (χ1v) is 9.05. The van der Waals surface area contributed by atoms with Gasteiger partial charge in [-0.2, -0.15) is 0 Å². The molecule has 26 heavy (non-hydrogen) atoms. The van der Waals surface area contributed by atoms with Crippen LogP contribution in [0.15, 0.2) is 91.0 Å². The summed E-state index contributed by atoms with van der Waals surface area (Å²) in [5.41, 5.74) is 3.14. The van der Waals surface area contributed by atoms with Crippen molar-refractivity contribution < 1.29 is 4.79 Å². The van der Waals surface area contributed by atoms with Gasteiger partial charge in [-0.3, -0.25) is 4.79 Å². The molecule has 0 radical (unpaired) electrons. The van der Waals surface area contributed by atoms with Gasteiger partial charge < -0.3 is 5.32 Å². The lowest BCUT2D eigenvalue weighted by atomic mass is 9.76. The van der Waals surface area contributed by atoms with Gasteiger partial charge >= 0.3 is 0 Å². The van der Waals surface area contributed by atoms with Crippen LogP contribution < -0.4 is 5.32 Å². The van der Waals surface area contributed by atoms with Gasteiger partial charge in [-0.25, -0.2) is 0 Å². The molecule has 3 aromatic carbocycles. The first kappa shape index (κ1) is 17.9. The normalized spacial score (nSPS) is 12.4. The number of rotatable bonds is 6. The van der Waals surface area contributed by atoms with E-state index in [4.69, 9.17) is 0 Å². The zero-order valence-corrected chi connectivity index (χ0v) is 15.4. The van der Waals surface area contributed by atoms with E-state index in [0.717, 1.165) is 5.56 Å². The minimum absolute atomic E-state index is 0.0503. The van der Waals surface area contributed by atoms with E-state index in [1.54, 1.807) is 0 Å². The lowest BCUT2D eigenvalue weighted by Crippen LogP contribution is -2.41. The number of amides is 1. The molecule has 0 bridgehead atoms. The third-order valence-corrected chi connectivity index (χ3v) is 5.13. The quantitative estimate of drug-likeness (QED) is 0.677. The van der Waals surface area contributed by atoms with Crippen molar-refractivity contribution in [3.8, 4) is 0 Å². The van der Waals surface area contributed by atoms with Crippen molar-refractivity contribution in [2.75, 3.05) is 6.54 Å². The van der Waals surface area contributed by atoms with Crippen molar-refractivity contribution >= 4 is 5.91 Å². The maximum absolute atomic E-state index is 12.7. The van der Waals surface area contributed by atoms with E-state index < -0.39 is 0 Å². The third-order valence-electron chi connectivity index (χ3n) is 5.13. The van der Waals surface area contributed by atoms with Crippen LogP contribution in [0.2, 0.25) is 0 Å². The van der Waals surface area contributed by atoms with Crippen molar-refractivity contribution in [1.29, 1.82) is 0 Å². The Hall–Kier alpha value is -2.87. The Morgan fingerprint density at radius 1 is 0.808 bits per heavy atom. The second kappa shape index (κ2) is 8.01. The summed E-state index contributed by atoms with van der Waals surface area (Å²) in [6, 6.07) is 30.6. The topological polar surface area (TPSA) is 29.1 Å². The fraction of sp³-hybridized carbons (Fsp3) is 0.208. The van der Waals surface area contributed by atoms with E-state index in [2.05, 4.69) is 36.5 Å². The summed E-state index contributed by atoms with van der Waals surface area (Å²) in [6.07, 6.45) is 0. The van der Waals surface area contributed by atoms with E-state index >= 15 is 0 Å². The lowest BCUT2D eigenvalue weighted by molar-refractivity contribution is -0.122. The van der Waals surface area contributed by atoms with Crippen LogP contribution in [0.5, 0.6) is 0 Å². The van der Waals surface area contributed by atoms with Gasteiger partial charge in [0.25, 0.3) is 0 Å². The van der Waals surface area contributed by atoms with Gasteiger partial charge in [-0.15, -0.1) is 0 Å². The lowest BCUT2D eigenvalue weighted by Gasteiger charge is -2.32. The fourth-order valence-electron chi connectivity index (χ4n) is 3.29. The summed E-state index contributed by atoms with van der Waals surface area (Å²) in [5.74, 6) is -0.124. The SMILES string of the molecule is CC(C(=O)NCC(C)(c1ccccc1)c1ccccc1)c1ccccc1. The Morgan fingerprint density at radius 3 is 1.69 bits per heavy atom. The molecule has 132 valence electrons. The van der Waals surface area contributed by atoms with E-state index in [1.165, 1.54) is 11.1 Å². The Balaban J connectivity index is 1.82. The number of carbonyl (C=O) groups is 1. The zero-order chi connectivity index (χ0) is 18.4. The van der Waals surface area contributed by atoms with Gasteiger partial charge in [0.15, 0.2) is 0 Å². The average Bonchev–Trinajstić information content (AvgIpc) is 2.73. The van der Waals surface area contributed by atoms with Crippen LogP contribution in [0.4, 0.5) is 0 Å². The van der Waals surface area contributed by atoms with E-state index in [9.17, 15) is 4.79 Å². The largest absolute Gasteiger partial charge is 0.354 e. The number of hydrogen-bond acceptors (Lipinski definition) is 1. The Labute approximate surface area is 155 Å². The predicted octanol–water partition coefficient (Wildman–Crippen LogP) is 4.91. The van der Waals surface area contributed by atoms with Crippen LogP contribution in [0.3, 0.4) is 0 Å². The summed E-state index contributed by atoms with van der Waals surface area (Å²) in [6.45, 7) is 4.69. The molecule has 1 unspecified atom stereocenters. The van der Waals surface area contributed by atoms with Crippen LogP contribution >= 0.6 is 0 Å². The second-order valence-corrected chi connectivity index (χ2v) is 6.91. The number of benzene rings is 3. The first-order valence-electron chi connectivity index (χ1n) is 9.05. The van der Waals surface area contributed by atoms with Crippen LogP contribution in [0, 0.1) is 0 Å². The third kappa shape index (κ3) is 3.85. The minimum Gasteiger partial charge on any atom is -0.354 e. The molecule has 0 spiro atoms. The Bertz CT molecular complexity index is 788. The molecule has 3 aromatic rings.